The lowest BCUT2D eigenvalue weighted by molar-refractivity contribution is 0.0147. The molecule has 1 aromatic carbocycles. The lowest BCUT2D eigenvalue weighted by Gasteiger charge is -2.40. The van der Waals surface area contributed by atoms with Crippen LogP contribution in [0.25, 0.3) is 0 Å². The van der Waals surface area contributed by atoms with Crippen LogP contribution >= 0.6 is 11.6 Å². The molecule has 4 heteroatoms. The molecule has 1 N–H and O–H groups in total. The van der Waals surface area contributed by atoms with Crippen LogP contribution in [-0.2, 0) is 0 Å². The molecule has 1 saturated heterocycles. The first-order chi connectivity index (χ1) is 10.5. The average molecular weight is 323 g/mol. The Morgan fingerprint density at radius 3 is 2.59 bits per heavy atom. The predicted octanol–water partition coefficient (Wildman–Crippen LogP) is 3.43. The molecule has 22 heavy (non-hydrogen) atoms. The van der Waals surface area contributed by atoms with E-state index in [0.717, 1.165) is 37.7 Å². The first-order valence-corrected chi connectivity index (χ1v) is 8.45. The number of anilines is 1. The van der Waals surface area contributed by atoms with Crippen molar-refractivity contribution in [1.82, 2.24) is 4.90 Å². The second-order valence-corrected chi connectivity index (χ2v) is 6.65. The molecule has 0 spiro atoms. The Balaban J connectivity index is 1.88. The van der Waals surface area contributed by atoms with Gasteiger partial charge in [-0.1, -0.05) is 37.6 Å². The molecule has 2 atom stereocenters. The fourth-order valence-electron chi connectivity index (χ4n) is 3.10. The van der Waals surface area contributed by atoms with Gasteiger partial charge in [-0.2, -0.15) is 0 Å². The van der Waals surface area contributed by atoms with Crippen molar-refractivity contribution in [3.8, 4) is 0 Å². The highest BCUT2D eigenvalue weighted by Crippen LogP contribution is 2.25. The second kappa shape index (κ2) is 7.49. The van der Waals surface area contributed by atoms with E-state index in [4.69, 9.17) is 11.6 Å². The summed E-state index contributed by atoms with van der Waals surface area (Å²) < 4.78 is 0. The van der Waals surface area contributed by atoms with Crippen molar-refractivity contribution < 1.29 is 5.11 Å². The minimum absolute atomic E-state index is 0.188. The maximum absolute atomic E-state index is 10.5. The normalized spacial score (nSPS) is 20.5. The fraction of sp³-hybridized carbons (Fsp3) is 0.556. The number of aliphatic hydroxyl groups is 1. The van der Waals surface area contributed by atoms with Crippen molar-refractivity contribution in [3.63, 3.8) is 0 Å². The van der Waals surface area contributed by atoms with Gasteiger partial charge in [0.1, 0.15) is 0 Å². The maximum Gasteiger partial charge on any atom is 0.0860 e. The number of halogens is 1. The monoisotopic (exact) mass is 322 g/mol. The number of rotatable bonds is 6. The number of nitrogens with zero attached hydrogens (tertiary/aromatic N) is 2. The van der Waals surface area contributed by atoms with Gasteiger partial charge in [0.2, 0.25) is 0 Å². The van der Waals surface area contributed by atoms with Crippen molar-refractivity contribution in [2.75, 3.05) is 37.6 Å². The third kappa shape index (κ3) is 4.03. The number of piperazine rings is 1. The van der Waals surface area contributed by atoms with Gasteiger partial charge in [-0.15, -0.1) is 6.58 Å². The zero-order valence-corrected chi connectivity index (χ0v) is 14.4. The Bertz CT molecular complexity index is 500. The Morgan fingerprint density at radius 1 is 1.36 bits per heavy atom. The Labute approximate surface area is 139 Å². The van der Waals surface area contributed by atoms with E-state index in [-0.39, 0.29) is 5.92 Å². The molecular weight excluding hydrogens is 296 g/mol. The molecule has 1 aliphatic rings. The highest BCUT2D eigenvalue weighted by atomic mass is 35.5. The summed E-state index contributed by atoms with van der Waals surface area (Å²) in [6.45, 7) is 12.8. The lowest BCUT2D eigenvalue weighted by atomic mass is 9.86. The zero-order valence-electron chi connectivity index (χ0n) is 13.6. The van der Waals surface area contributed by atoms with Gasteiger partial charge in [-0.25, -0.2) is 0 Å². The molecule has 0 aromatic heterocycles. The van der Waals surface area contributed by atoms with Gasteiger partial charge in [-0.05, 0) is 24.6 Å². The van der Waals surface area contributed by atoms with Crippen molar-refractivity contribution in [2.45, 2.75) is 25.9 Å². The average Bonchev–Trinajstić information content (AvgIpc) is 2.54. The van der Waals surface area contributed by atoms with Crippen LogP contribution in [-0.4, -0.2) is 48.3 Å². The van der Waals surface area contributed by atoms with Crippen LogP contribution in [0.15, 0.2) is 36.9 Å². The standard InChI is InChI=1S/C18H27ClN2O/c1-4-18(22,5-2)15(3)14-20-9-11-21(12-10-20)17-8-6-7-16(19)13-17/h4,6-8,13,15,22H,1,5,9-12,14H2,2-3H3. The molecule has 0 aliphatic carbocycles. The Morgan fingerprint density at radius 2 is 2.05 bits per heavy atom. The van der Waals surface area contributed by atoms with E-state index in [1.165, 1.54) is 5.69 Å². The highest BCUT2D eigenvalue weighted by Gasteiger charge is 2.30. The molecule has 2 rings (SSSR count). The van der Waals surface area contributed by atoms with E-state index < -0.39 is 5.60 Å². The molecular formula is C18H27ClN2O. The van der Waals surface area contributed by atoms with E-state index in [2.05, 4.69) is 29.4 Å². The van der Waals surface area contributed by atoms with Crippen LogP contribution in [0.1, 0.15) is 20.3 Å². The van der Waals surface area contributed by atoms with Crippen molar-refractivity contribution in [3.05, 3.63) is 41.9 Å². The third-order valence-corrected chi connectivity index (χ3v) is 5.09. The largest absolute Gasteiger partial charge is 0.385 e. The van der Waals surface area contributed by atoms with Gasteiger partial charge in [0.25, 0.3) is 0 Å². The second-order valence-electron chi connectivity index (χ2n) is 6.22. The van der Waals surface area contributed by atoms with Crippen LogP contribution in [0.5, 0.6) is 0 Å². The summed E-state index contributed by atoms with van der Waals surface area (Å²) in [6.07, 6.45) is 2.40. The SMILES string of the molecule is C=CC(O)(CC)C(C)CN1CCN(c2cccc(Cl)c2)CC1. The van der Waals surface area contributed by atoms with Crippen LogP contribution in [0.3, 0.4) is 0 Å². The van der Waals surface area contributed by atoms with Crippen molar-refractivity contribution >= 4 is 17.3 Å². The first kappa shape index (κ1) is 17.3. The predicted molar refractivity (Wildman–Crippen MR) is 94.7 cm³/mol. The summed E-state index contributed by atoms with van der Waals surface area (Å²) in [5.74, 6) is 0.188. The zero-order chi connectivity index (χ0) is 16.2. The summed E-state index contributed by atoms with van der Waals surface area (Å²) in [5, 5.41) is 11.3. The number of hydrogen-bond acceptors (Lipinski definition) is 3. The van der Waals surface area contributed by atoms with Crippen LogP contribution in [0.4, 0.5) is 5.69 Å². The highest BCUT2D eigenvalue weighted by molar-refractivity contribution is 6.30. The summed E-state index contributed by atoms with van der Waals surface area (Å²) in [6, 6.07) is 8.03. The van der Waals surface area contributed by atoms with E-state index >= 15 is 0 Å². The van der Waals surface area contributed by atoms with Gasteiger partial charge in [0, 0.05) is 49.4 Å². The molecule has 3 nitrogen and oxygen atoms in total. The molecule has 2 unspecified atom stereocenters. The lowest BCUT2D eigenvalue weighted by Crippen LogP contribution is -2.50. The smallest absolute Gasteiger partial charge is 0.0860 e. The van der Waals surface area contributed by atoms with Gasteiger partial charge >= 0.3 is 0 Å². The molecule has 0 bridgehead atoms. The quantitative estimate of drug-likeness (QED) is 0.813. The molecule has 1 aliphatic heterocycles. The van der Waals surface area contributed by atoms with Crippen LogP contribution in [0.2, 0.25) is 5.02 Å². The van der Waals surface area contributed by atoms with Crippen molar-refractivity contribution in [1.29, 1.82) is 0 Å². The molecule has 1 aromatic rings. The third-order valence-electron chi connectivity index (χ3n) is 4.85. The van der Waals surface area contributed by atoms with Crippen LogP contribution < -0.4 is 4.90 Å². The maximum atomic E-state index is 10.5. The van der Waals surface area contributed by atoms with E-state index in [1.54, 1.807) is 6.08 Å². The molecule has 1 heterocycles. The molecule has 0 radical (unpaired) electrons. The van der Waals surface area contributed by atoms with Gasteiger partial charge in [-0.3, -0.25) is 4.90 Å². The van der Waals surface area contributed by atoms with E-state index in [9.17, 15) is 5.11 Å². The van der Waals surface area contributed by atoms with E-state index in [1.807, 2.05) is 25.1 Å². The summed E-state index contributed by atoms with van der Waals surface area (Å²) in [5.41, 5.74) is 0.431. The topological polar surface area (TPSA) is 26.7 Å². The minimum atomic E-state index is -0.760. The number of hydrogen-bond donors (Lipinski definition) is 1. The van der Waals surface area contributed by atoms with Crippen molar-refractivity contribution in [2.24, 2.45) is 5.92 Å². The molecule has 0 saturated carbocycles. The fourth-order valence-corrected chi connectivity index (χ4v) is 3.29. The van der Waals surface area contributed by atoms with Crippen LogP contribution in [0, 0.1) is 5.92 Å². The molecule has 1 fully saturated rings. The summed E-state index contributed by atoms with van der Waals surface area (Å²) >= 11 is 6.07. The Kier molecular flexibility index (Phi) is 5.90. The number of benzene rings is 1. The van der Waals surface area contributed by atoms with E-state index in [0.29, 0.717) is 6.42 Å². The Hall–Kier alpha value is -1.03. The van der Waals surface area contributed by atoms with Gasteiger partial charge in [0.15, 0.2) is 0 Å². The van der Waals surface area contributed by atoms with Gasteiger partial charge in [0.05, 0.1) is 5.60 Å². The van der Waals surface area contributed by atoms with Gasteiger partial charge < -0.3 is 10.0 Å². The molecule has 0 amide bonds. The summed E-state index contributed by atoms with van der Waals surface area (Å²) in [7, 11) is 0. The summed E-state index contributed by atoms with van der Waals surface area (Å²) in [4.78, 5) is 4.79. The minimum Gasteiger partial charge on any atom is -0.385 e. The molecule has 122 valence electrons. The first-order valence-electron chi connectivity index (χ1n) is 8.07.